The second-order valence-corrected chi connectivity index (χ2v) is 14.4. The maximum atomic E-state index is 5.15. The number of para-hydroxylation sites is 5. The van der Waals surface area contributed by atoms with E-state index in [-0.39, 0.29) is 0 Å². The smallest absolute Gasteiger partial charge is 0.0973 e. The first kappa shape index (κ1) is 33.3. The lowest BCUT2D eigenvalue weighted by Gasteiger charge is -2.28. The Morgan fingerprint density at radius 1 is 0.411 bits per heavy atom. The average Bonchev–Trinajstić information content (AvgIpc) is 3.59. The Bertz CT molecular complexity index is 3020. The first-order valence-electron chi connectivity index (χ1n) is 19.1. The van der Waals surface area contributed by atoms with Crippen molar-refractivity contribution >= 4 is 49.9 Å². The van der Waals surface area contributed by atoms with E-state index in [0.717, 1.165) is 50.6 Å². The molecular formula is C52H38N4. The molecule has 0 bridgehead atoms. The SMILES string of the molecule is Cc1cc(N(c2ccccc2)c2ccc(-c3nc4ccccc4nc3-c3ccccc3)cc2)c(C)cc1-c1ccc2c(c1)c1ccccc1n2-c1ccccc1. The number of hydrogen-bond acceptors (Lipinski definition) is 3. The van der Waals surface area contributed by atoms with Gasteiger partial charge in [-0.2, -0.15) is 0 Å². The van der Waals surface area contributed by atoms with Crippen LogP contribution in [0, 0.1) is 13.8 Å². The molecule has 2 heterocycles. The van der Waals surface area contributed by atoms with Crippen molar-refractivity contribution in [1.29, 1.82) is 0 Å². The minimum atomic E-state index is 0.868. The highest BCUT2D eigenvalue weighted by Crippen LogP contribution is 2.42. The standard InChI is InChI=1S/C52H38N4/c1-35-33-50(36(2)32-44(35)39-28-31-49-45(34-39)43-22-12-15-25-48(43)56(49)41-20-10-5-11-21-41)55(40-18-8-4-9-19-40)42-29-26-38(27-30-42)52-51(37-16-6-3-7-17-37)53-46-23-13-14-24-47(46)54-52/h3-34H,1-2H3. The van der Waals surface area contributed by atoms with Crippen LogP contribution in [-0.2, 0) is 0 Å². The summed E-state index contributed by atoms with van der Waals surface area (Å²) in [4.78, 5) is 12.6. The van der Waals surface area contributed by atoms with E-state index in [9.17, 15) is 0 Å². The third kappa shape index (κ3) is 5.80. The molecule has 0 saturated heterocycles. The molecule has 10 aromatic rings. The highest BCUT2D eigenvalue weighted by molar-refractivity contribution is 6.10. The van der Waals surface area contributed by atoms with Gasteiger partial charge in [-0.15, -0.1) is 0 Å². The normalized spacial score (nSPS) is 11.4. The molecule has 266 valence electrons. The molecule has 0 fully saturated rings. The van der Waals surface area contributed by atoms with Gasteiger partial charge in [0.2, 0.25) is 0 Å². The van der Waals surface area contributed by atoms with E-state index in [1.807, 2.05) is 30.3 Å². The van der Waals surface area contributed by atoms with Crippen molar-refractivity contribution in [1.82, 2.24) is 14.5 Å². The van der Waals surface area contributed by atoms with Crippen molar-refractivity contribution in [2.75, 3.05) is 4.90 Å². The van der Waals surface area contributed by atoms with Gasteiger partial charge in [0, 0.05) is 44.6 Å². The summed E-state index contributed by atoms with van der Waals surface area (Å²) in [5, 5.41) is 2.50. The van der Waals surface area contributed by atoms with Gasteiger partial charge in [0.15, 0.2) is 0 Å². The monoisotopic (exact) mass is 718 g/mol. The van der Waals surface area contributed by atoms with Gasteiger partial charge in [-0.25, -0.2) is 9.97 Å². The number of hydrogen-bond donors (Lipinski definition) is 0. The van der Waals surface area contributed by atoms with Crippen LogP contribution in [-0.4, -0.2) is 14.5 Å². The van der Waals surface area contributed by atoms with Crippen molar-refractivity contribution in [3.8, 4) is 39.3 Å². The molecular weight excluding hydrogens is 681 g/mol. The third-order valence-corrected chi connectivity index (χ3v) is 10.8. The first-order chi connectivity index (χ1) is 27.6. The summed E-state index contributed by atoms with van der Waals surface area (Å²) in [6, 6.07) is 68.8. The van der Waals surface area contributed by atoms with Gasteiger partial charge in [0.05, 0.1) is 33.5 Å². The predicted octanol–water partition coefficient (Wildman–Crippen LogP) is 13.8. The van der Waals surface area contributed by atoms with Crippen LogP contribution in [0.2, 0.25) is 0 Å². The predicted molar refractivity (Wildman–Crippen MR) is 234 cm³/mol. The molecule has 0 aliphatic carbocycles. The van der Waals surface area contributed by atoms with E-state index >= 15 is 0 Å². The number of benzene rings is 8. The highest BCUT2D eigenvalue weighted by Gasteiger charge is 2.20. The number of aromatic nitrogens is 3. The van der Waals surface area contributed by atoms with E-state index in [1.165, 1.54) is 49.7 Å². The molecule has 56 heavy (non-hydrogen) atoms. The van der Waals surface area contributed by atoms with E-state index < -0.39 is 0 Å². The lowest BCUT2D eigenvalue weighted by molar-refractivity contribution is 1.18. The Labute approximate surface area is 326 Å². The molecule has 0 aliphatic heterocycles. The fourth-order valence-electron chi connectivity index (χ4n) is 8.12. The molecule has 0 N–H and O–H groups in total. The van der Waals surface area contributed by atoms with Gasteiger partial charge in [0.1, 0.15) is 0 Å². The zero-order valence-corrected chi connectivity index (χ0v) is 31.3. The zero-order chi connectivity index (χ0) is 37.6. The minimum Gasteiger partial charge on any atom is -0.310 e. The molecule has 0 atom stereocenters. The van der Waals surface area contributed by atoms with Crippen LogP contribution >= 0.6 is 0 Å². The molecule has 4 heteroatoms. The number of fused-ring (bicyclic) bond motifs is 4. The van der Waals surface area contributed by atoms with Gasteiger partial charge < -0.3 is 9.47 Å². The molecule has 0 spiro atoms. The van der Waals surface area contributed by atoms with Gasteiger partial charge in [-0.05, 0) is 115 Å². The Kier molecular flexibility index (Phi) is 8.23. The van der Waals surface area contributed by atoms with Crippen LogP contribution in [0.1, 0.15) is 11.1 Å². The number of anilines is 3. The maximum absolute atomic E-state index is 5.15. The van der Waals surface area contributed by atoms with Gasteiger partial charge >= 0.3 is 0 Å². The summed E-state index contributed by atoms with van der Waals surface area (Å²) in [5.74, 6) is 0. The zero-order valence-electron chi connectivity index (χ0n) is 31.3. The van der Waals surface area contributed by atoms with Crippen LogP contribution in [0.3, 0.4) is 0 Å². The highest BCUT2D eigenvalue weighted by atomic mass is 15.1. The van der Waals surface area contributed by atoms with E-state index in [1.54, 1.807) is 0 Å². The Hall–Kier alpha value is -7.30. The molecule has 4 nitrogen and oxygen atoms in total. The summed E-state index contributed by atoms with van der Waals surface area (Å²) in [6.07, 6.45) is 0. The molecule has 8 aromatic carbocycles. The quantitative estimate of drug-likeness (QED) is 0.165. The minimum absolute atomic E-state index is 0.868. The lowest BCUT2D eigenvalue weighted by Crippen LogP contribution is -2.12. The number of aryl methyl sites for hydroxylation is 2. The molecule has 0 aliphatic rings. The van der Waals surface area contributed by atoms with Crippen LogP contribution in [0.4, 0.5) is 17.1 Å². The number of nitrogens with zero attached hydrogens (tertiary/aromatic N) is 4. The molecule has 0 radical (unpaired) electrons. The van der Waals surface area contributed by atoms with Gasteiger partial charge in [0.25, 0.3) is 0 Å². The van der Waals surface area contributed by atoms with Crippen molar-refractivity contribution in [2.24, 2.45) is 0 Å². The average molecular weight is 719 g/mol. The molecule has 10 rings (SSSR count). The Balaban J connectivity index is 1.06. The van der Waals surface area contributed by atoms with Crippen LogP contribution in [0.15, 0.2) is 194 Å². The van der Waals surface area contributed by atoms with Crippen LogP contribution < -0.4 is 4.90 Å². The van der Waals surface area contributed by atoms with Crippen molar-refractivity contribution in [2.45, 2.75) is 13.8 Å². The summed E-state index contributed by atoms with van der Waals surface area (Å²) in [7, 11) is 0. The van der Waals surface area contributed by atoms with Crippen LogP contribution in [0.25, 0.3) is 72.2 Å². The molecule has 0 saturated carbocycles. The van der Waals surface area contributed by atoms with E-state index in [2.05, 4.69) is 187 Å². The Morgan fingerprint density at radius 3 is 1.64 bits per heavy atom. The fourth-order valence-corrected chi connectivity index (χ4v) is 8.12. The van der Waals surface area contributed by atoms with Crippen molar-refractivity contribution < 1.29 is 0 Å². The summed E-state index contributed by atoms with van der Waals surface area (Å²) < 4.78 is 2.37. The van der Waals surface area contributed by atoms with E-state index in [0.29, 0.717) is 0 Å². The number of rotatable bonds is 7. The molecule has 2 aromatic heterocycles. The molecule has 0 amide bonds. The summed E-state index contributed by atoms with van der Waals surface area (Å²) in [6.45, 7) is 4.45. The van der Waals surface area contributed by atoms with E-state index in [4.69, 9.17) is 9.97 Å². The topological polar surface area (TPSA) is 34.0 Å². The van der Waals surface area contributed by atoms with Crippen LogP contribution in [0.5, 0.6) is 0 Å². The van der Waals surface area contributed by atoms with Gasteiger partial charge in [-0.3, -0.25) is 0 Å². The van der Waals surface area contributed by atoms with Crippen molar-refractivity contribution in [3.63, 3.8) is 0 Å². The Morgan fingerprint density at radius 2 is 0.946 bits per heavy atom. The summed E-state index contributed by atoms with van der Waals surface area (Å²) in [5.41, 5.74) is 17.3. The second kappa shape index (κ2) is 13.8. The molecule has 0 unspecified atom stereocenters. The van der Waals surface area contributed by atoms with Gasteiger partial charge in [-0.1, -0.05) is 115 Å². The largest absolute Gasteiger partial charge is 0.310 e. The second-order valence-electron chi connectivity index (χ2n) is 14.4. The first-order valence-corrected chi connectivity index (χ1v) is 19.1. The fraction of sp³-hybridized carbons (Fsp3) is 0.0385. The summed E-state index contributed by atoms with van der Waals surface area (Å²) >= 11 is 0. The van der Waals surface area contributed by atoms with Crippen molar-refractivity contribution in [3.05, 3.63) is 205 Å². The maximum Gasteiger partial charge on any atom is 0.0973 e. The third-order valence-electron chi connectivity index (χ3n) is 10.8. The lowest BCUT2D eigenvalue weighted by atomic mass is 9.95.